The van der Waals surface area contributed by atoms with Crippen LogP contribution in [-0.4, -0.2) is 206 Å². The number of hydrogen-bond acceptors (Lipinski definition) is 19. The predicted octanol–water partition coefficient (Wildman–Crippen LogP) is 9.36. The number of aliphatic imine (C=N–C) groups is 3. The van der Waals surface area contributed by atoms with Crippen LogP contribution in [0.25, 0.3) is 0 Å². The lowest BCUT2D eigenvalue weighted by Gasteiger charge is -2.38. The van der Waals surface area contributed by atoms with Crippen molar-refractivity contribution in [3.63, 3.8) is 0 Å². The highest BCUT2D eigenvalue weighted by Gasteiger charge is 2.31. The Morgan fingerprint density at radius 3 is 1.32 bits per heavy atom. The number of hydrogen-bond donors (Lipinski definition) is 4. The first-order chi connectivity index (χ1) is 39.6. The maximum Gasteiger partial charge on any atom is 0.410 e. The fourth-order valence-corrected chi connectivity index (χ4v) is 9.43. The summed E-state index contributed by atoms with van der Waals surface area (Å²) in [5.74, 6) is 2.17. The minimum atomic E-state index is -0.451. The second-order valence-electron chi connectivity index (χ2n) is 20.8. The van der Waals surface area contributed by atoms with E-state index in [0.717, 1.165) is 134 Å². The second-order valence-corrected chi connectivity index (χ2v) is 22.2. The summed E-state index contributed by atoms with van der Waals surface area (Å²) in [6.45, 7) is 28.7. The number of carbonyl (C=O) groups is 2. The smallest absolute Gasteiger partial charge is 0.410 e. The molecule has 6 heterocycles. The Morgan fingerprint density at radius 2 is 0.915 bits per heavy atom. The number of guanidine groups is 2. The summed E-state index contributed by atoms with van der Waals surface area (Å²) in [5, 5.41) is 10.9. The van der Waals surface area contributed by atoms with Gasteiger partial charge in [0.1, 0.15) is 11.2 Å². The average molecular weight is 1290 g/mol. The van der Waals surface area contributed by atoms with E-state index in [1.165, 1.54) is 17.1 Å². The molecule has 0 atom stereocenters. The third kappa shape index (κ3) is 25.1. The van der Waals surface area contributed by atoms with Gasteiger partial charge in [0.05, 0.1) is 19.6 Å². The summed E-state index contributed by atoms with van der Waals surface area (Å²) >= 11 is 11.8. The molecule has 0 bridgehead atoms. The zero-order chi connectivity index (χ0) is 59.6. The van der Waals surface area contributed by atoms with Crippen molar-refractivity contribution in [2.24, 2.45) is 20.7 Å². The molecule has 6 aliphatic rings. The summed E-state index contributed by atoms with van der Waals surface area (Å²) in [4.78, 5) is 54.4. The highest BCUT2D eigenvalue weighted by atomic mass is 127. The Kier molecular flexibility index (Phi) is 32.2. The van der Waals surface area contributed by atoms with E-state index in [-0.39, 0.29) is 17.8 Å². The topological polar surface area (TPSA) is 174 Å². The molecule has 4 aromatic carbocycles. The van der Waals surface area contributed by atoms with E-state index in [0.29, 0.717) is 19.6 Å². The largest absolute Gasteiger partial charge is 0.444 e. The molecule has 4 aromatic rings. The van der Waals surface area contributed by atoms with E-state index < -0.39 is 5.60 Å². The fourth-order valence-electron chi connectivity index (χ4n) is 8.79. The van der Waals surface area contributed by atoms with Gasteiger partial charge in [-0.15, -0.1) is 0 Å². The molecule has 5 N–H and O–H groups in total. The van der Waals surface area contributed by atoms with Crippen molar-refractivity contribution in [1.29, 1.82) is 0 Å². The van der Waals surface area contributed by atoms with Gasteiger partial charge >= 0.3 is 12.2 Å². The van der Waals surface area contributed by atoms with Gasteiger partial charge in [0.2, 0.25) is 11.9 Å². The van der Waals surface area contributed by atoms with E-state index in [4.69, 9.17) is 15.2 Å². The Balaban J connectivity index is 0.000000222. The summed E-state index contributed by atoms with van der Waals surface area (Å²) < 4.78 is 12.6. The third-order valence-corrected chi connectivity index (χ3v) is 13.2. The van der Waals surface area contributed by atoms with Crippen LogP contribution in [0.4, 0.5) is 32.3 Å². The van der Waals surface area contributed by atoms with Crippen molar-refractivity contribution >= 4 is 115 Å². The monoisotopic (exact) mass is 1290 g/mol. The van der Waals surface area contributed by atoms with Crippen molar-refractivity contribution in [1.82, 2.24) is 30.2 Å². The van der Waals surface area contributed by atoms with Crippen LogP contribution in [0.15, 0.2) is 136 Å². The molecule has 0 saturated carbocycles. The summed E-state index contributed by atoms with van der Waals surface area (Å²) in [5.41, 5.74) is 9.27. The number of nitrogens with one attached hydrogen (secondary N) is 3. The van der Waals surface area contributed by atoms with Crippen LogP contribution in [0.1, 0.15) is 41.5 Å². The normalized spacial score (nSPS) is 16.5. The fraction of sp³-hybridized carbons (Fsp3) is 0.500. The highest BCUT2D eigenvalue weighted by Crippen LogP contribution is 2.23. The van der Waals surface area contributed by atoms with Crippen molar-refractivity contribution in [3.05, 3.63) is 121 Å². The molecule has 0 unspecified atom stereocenters. The number of amidine groups is 1. The molecule has 448 valence electrons. The molecule has 3 saturated heterocycles. The standard InChI is InChI=1S/C18H26N4O2.C13H18N4.C10H12N2S.C9H18N2O2.C8H12N2.CH3I.CS2/c1-18(2,3)24-17(23)21-13-11-20(12-14-21)16-19-9-10-22(16)15-7-5-4-6-8-15;1-2-4-12(5-3-1)17-11-8-15-13(17)16-9-6-14-7-10-16;1-13-10-11-7-8-12(10)9-5-3-2-4-6-9;1-9(2,3)13-8(12)11-6-4-10-5-7-11;9-6-7-10-8-4-2-1-3-5-8;1-2;2-1-3/h4-8H,9-14H2,1-3H3;1-5,14H,6-11H2;2-6H,7-8H2,1H3;10H,4-7H2,1-3H3;1-5,10H,6-7,9H2;1H3;. The van der Waals surface area contributed by atoms with Crippen LogP contribution in [-0.2, 0) is 9.47 Å². The van der Waals surface area contributed by atoms with E-state index in [2.05, 4.69) is 175 Å². The van der Waals surface area contributed by atoms with Crippen molar-refractivity contribution < 1.29 is 19.1 Å². The lowest BCUT2D eigenvalue weighted by molar-refractivity contribution is 0.0184. The van der Waals surface area contributed by atoms with Gasteiger partial charge in [0.15, 0.2) is 5.17 Å². The van der Waals surface area contributed by atoms with Crippen LogP contribution < -0.4 is 36.4 Å². The first kappa shape index (κ1) is 68.9. The number of alkyl halides is 1. The molecule has 0 aromatic heterocycles. The van der Waals surface area contributed by atoms with E-state index >= 15 is 0 Å². The number of carbonyl (C=O) groups excluding carboxylic acids is 2. The number of amides is 2. The number of piperazine rings is 3. The van der Waals surface area contributed by atoms with Crippen molar-refractivity contribution in [2.45, 2.75) is 52.7 Å². The number of anilines is 4. The summed E-state index contributed by atoms with van der Waals surface area (Å²) in [6, 6.07) is 41.3. The number of nitrogens with two attached hydrogens (primary N) is 1. The number of thioether (sulfide) groups is 1. The van der Waals surface area contributed by atoms with Gasteiger partial charge in [-0.1, -0.05) is 107 Å². The van der Waals surface area contributed by atoms with Crippen molar-refractivity contribution in [2.75, 3.05) is 162 Å². The Bertz CT molecular complexity index is 2540. The van der Waals surface area contributed by atoms with Gasteiger partial charge in [-0.3, -0.25) is 15.0 Å². The average Bonchev–Trinajstić information content (AvgIpc) is 4.38. The molecule has 0 radical (unpaired) electrons. The minimum absolute atomic E-state index is 0.200. The zero-order valence-electron chi connectivity index (χ0n) is 49.5. The first-order valence-electron chi connectivity index (χ1n) is 28.0. The minimum Gasteiger partial charge on any atom is -0.444 e. The molecule has 0 aliphatic carbocycles. The molecule has 10 rings (SSSR count). The number of benzene rings is 4. The Morgan fingerprint density at radius 1 is 0.561 bits per heavy atom. The first-order valence-corrected chi connectivity index (χ1v) is 32.2. The SMILES string of the molecule is CC(C)(C)OC(=O)N1CCN(C2=NCCN2c2ccccc2)CC1.CC(C)(C)OC(=O)N1CCNCC1.CI.CSC1=NCCN1c1ccccc1.NCCNc1ccccc1.S=C=S.c1ccc(N2CCN=C2N2CCNCC2)cc1. The molecule has 6 aliphatic heterocycles. The quantitative estimate of drug-likeness (QED) is 0.0816. The Labute approximate surface area is 517 Å². The number of nitrogens with zero attached hydrogens (tertiary/aromatic N) is 10. The molecule has 82 heavy (non-hydrogen) atoms. The van der Waals surface area contributed by atoms with Gasteiger partial charge in [-0.25, -0.2) is 9.59 Å². The summed E-state index contributed by atoms with van der Waals surface area (Å²) in [7, 11) is 0. The second kappa shape index (κ2) is 38.3. The highest BCUT2D eigenvalue weighted by molar-refractivity contribution is 14.1. The molecule has 0 spiro atoms. The number of ether oxygens (including phenoxy) is 2. The molecular formula is C60H89IN14O4S3. The number of rotatable bonds is 6. The molecule has 22 heteroatoms. The van der Waals surface area contributed by atoms with Gasteiger partial charge in [0, 0.05) is 138 Å². The molecular weight excluding hydrogens is 1200 g/mol. The molecule has 2 amide bonds. The van der Waals surface area contributed by atoms with Crippen LogP contribution in [0.3, 0.4) is 0 Å². The lowest BCUT2D eigenvalue weighted by Crippen LogP contribution is -2.54. The van der Waals surface area contributed by atoms with Crippen LogP contribution >= 0.6 is 58.8 Å². The lowest BCUT2D eigenvalue weighted by atomic mass is 10.2. The van der Waals surface area contributed by atoms with Gasteiger partial charge in [-0.2, -0.15) is 0 Å². The van der Waals surface area contributed by atoms with Crippen molar-refractivity contribution in [3.8, 4) is 0 Å². The van der Waals surface area contributed by atoms with Crippen LogP contribution in [0.2, 0.25) is 0 Å². The maximum absolute atomic E-state index is 12.2. The number of para-hydroxylation sites is 4. The maximum atomic E-state index is 12.2. The van der Waals surface area contributed by atoms with Crippen LogP contribution in [0, 0.1) is 0 Å². The zero-order valence-corrected chi connectivity index (χ0v) is 54.1. The predicted molar refractivity (Wildman–Crippen MR) is 360 cm³/mol. The van der Waals surface area contributed by atoms with Crippen LogP contribution in [0.5, 0.6) is 0 Å². The number of halogens is 1. The Hall–Kier alpha value is -5.59. The van der Waals surface area contributed by atoms with E-state index in [9.17, 15) is 9.59 Å². The van der Waals surface area contributed by atoms with E-state index in [1.807, 2.05) is 105 Å². The molecule has 3 fully saturated rings. The number of thiocarbonyl (C=S) groups is 2. The van der Waals surface area contributed by atoms with Gasteiger partial charge in [0.25, 0.3) is 0 Å². The van der Waals surface area contributed by atoms with Gasteiger partial charge < -0.3 is 65.5 Å². The van der Waals surface area contributed by atoms with Gasteiger partial charge in [-0.05, 0) is 126 Å². The summed E-state index contributed by atoms with van der Waals surface area (Å²) in [6.07, 6.45) is 1.64. The third-order valence-electron chi connectivity index (χ3n) is 12.5. The van der Waals surface area contributed by atoms with E-state index in [1.54, 1.807) is 21.6 Å². The molecule has 18 nitrogen and oxygen atoms in total.